The van der Waals surface area contributed by atoms with Crippen LogP contribution in [-0.2, 0) is 6.54 Å². The van der Waals surface area contributed by atoms with E-state index in [1.807, 2.05) is 18.2 Å². The van der Waals surface area contributed by atoms with Gasteiger partial charge in [-0.05, 0) is 31.5 Å². The van der Waals surface area contributed by atoms with E-state index in [1.165, 1.54) is 0 Å². The van der Waals surface area contributed by atoms with Crippen molar-refractivity contribution in [1.82, 2.24) is 20.0 Å². The van der Waals surface area contributed by atoms with Crippen LogP contribution in [0.25, 0.3) is 11.0 Å². The minimum atomic E-state index is -0.0145. The highest BCUT2D eigenvalue weighted by Crippen LogP contribution is 2.34. The van der Waals surface area contributed by atoms with Gasteiger partial charge in [0.25, 0.3) is 5.91 Å². The molecule has 6 nitrogen and oxygen atoms in total. The molecule has 2 aromatic heterocycles. The van der Waals surface area contributed by atoms with E-state index >= 15 is 0 Å². The molecule has 1 aromatic carbocycles. The van der Waals surface area contributed by atoms with Crippen molar-refractivity contribution in [2.75, 3.05) is 20.6 Å². The Kier molecular flexibility index (Phi) is 4.05. The van der Waals surface area contributed by atoms with Gasteiger partial charge in [-0.2, -0.15) is 5.10 Å². The molecule has 0 saturated carbocycles. The van der Waals surface area contributed by atoms with Gasteiger partial charge >= 0.3 is 0 Å². The Labute approximate surface area is 146 Å². The molecular weight excluding hydrogens is 316 g/mol. The van der Waals surface area contributed by atoms with Crippen molar-refractivity contribution >= 4 is 16.9 Å². The van der Waals surface area contributed by atoms with E-state index in [4.69, 9.17) is 4.42 Å². The number of fused-ring (bicyclic) bond motifs is 1. The number of hydrogen-bond acceptors (Lipinski definition) is 4. The fourth-order valence-electron chi connectivity index (χ4n) is 3.62. The summed E-state index contributed by atoms with van der Waals surface area (Å²) in [5, 5.41) is 8.30. The summed E-state index contributed by atoms with van der Waals surface area (Å²) < 4.78 is 5.97. The van der Waals surface area contributed by atoms with Crippen molar-refractivity contribution in [3.05, 3.63) is 53.5 Å². The molecular formula is C19H22N4O2. The molecule has 1 fully saturated rings. The molecule has 0 aliphatic carbocycles. The fraction of sp³-hybridized carbons (Fsp3) is 0.368. The number of H-pyrrole nitrogens is 1. The third kappa shape index (κ3) is 2.93. The van der Waals surface area contributed by atoms with Gasteiger partial charge in [-0.25, -0.2) is 0 Å². The summed E-state index contributed by atoms with van der Waals surface area (Å²) in [5.74, 6) is 0.937. The van der Waals surface area contributed by atoms with Crippen LogP contribution in [0.4, 0.5) is 0 Å². The number of rotatable bonds is 4. The van der Waals surface area contributed by atoms with Crippen LogP contribution in [0.3, 0.4) is 0 Å². The van der Waals surface area contributed by atoms with Gasteiger partial charge < -0.3 is 9.32 Å². The molecule has 1 saturated heterocycles. The number of likely N-dealkylation sites (tertiary alicyclic amines) is 1. The standard InChI is InChI=1S/C19H22N4O2/c1-22(2)19(24)15-11-20-21-18(15)16-7-5-9-23(16)12-14-10-13-6-3-4-8-17(13)25-14/h3-4,6,8,10-11,16H,5,7,9,12H2,1-2H3,(H,20,21). The van der Waals surface area contributed by atoms with Crippen LogP contribution >= 0.6 is 0 Å². The van der Waals surface area contributed by atoms with Crippen LogP contribution in [0.5, 0.6) is 0 Å². The summed E-state index contributed by atoms with van der Waals surface area (Å²) in [6.07, 6.45) is 3.74. The number of nitrogens with one attached hydrogen (secondary N) is 1. The lowest BCUT2D eigenvalue weighted by atomic mass is 10.1. The van der Waals surface area contributed by atoms with Crippen molar-refractivity contribution in [2.24, 2.45) is 0 Å². The molecule has 3 heterocycles. The number of amides is 1. The van der Waals surface area contributed by atoms with Crippen molar-refractivity contribution < 1.29 is 9.21 Å². The lowest BCUT2D eigenvalue weighted by Crippen LogP contribution is -2.27. The van der Waals surface area contributed by atoms with Crippen molar-refractivity contribution in [3.8, 4) is 0 Å². The zero-order chi connectivity index (χ0) is 17.4. The Morgan fingerprint density at radius 2 is 2.24 bits per heavy atom. The van der Waals surface area contributed by atoms with Gasteiger partial charge in [0.05, 0.1) is 30.0 Å². The van der Waals surface area contributed by atoms with E-state index in [-0.39, 0.29) is 11.9 Å². The lowest BCUT2D eigenvalue weighted by molar-refractivity contribution is 0.0824. The number of carbonyl (C=O) groups excluding carboxylic acids is 1. The number of aromatic amines is 1. The summed E-state index contributed by atoms with van der Waals surface area (Å²) in [6.45, 7) is 1.71. The largest absolute Gasteiger partial charge is 0.460 e. The monoisotopic (exact) mass is 338 g/mol. The summed E-state index contributed by atoms with van der Waals surface area (Å²) in [6, 6.07) is 10.3. The number of hydrogen-bond donors (Lipinski definition) is 1. The molecule has 1 unspecified atom stereocenters. The molecule has 6 heteroatoms. The van der Waals surface area contributed by atoms with E-state index in [0.29, 0.717) is 5.56 Å². The molecule has 130 valence electrons. The van der Waals surface area contributed by atoms with E-state index < -0.39 is 0 Å². The van der Waals surface area contributed by atoms with Crippen LogP contribution in [0.1, 0.15) is 40.7 Å². The second kappa shape index (κ2) is 6.37. The Morgan fingerprint density at radius 3 is 3.04 bits per heavy atom. The van der Waals surface area contributed by atoms with E-state index in [0.717, 1.165) is 48.4 Å². The second-order valence-electron chi connectivity index (χ2n) is 6.78. The minimum Gasteiger partial charge on any atom is -0.460 e. The van der Waals surface area contributed by atoms with Gasteiger partial charge in [0.2, 0.25) is 0 Å². The normalized spacial score (nSPS) is 18.1. The van der Waals surface area contributed by atoms with Gasteiger partial charge in [0, 0.05) is 19.5 Å². The molecule has 4 rings (SSSR count). The highest BCUT2D eigenvalue weighted by molar-refractivity contribution is 5.94. The quantitative estimate of drug-likeness (QED) is 0.793. The van der Waals surface area contributed by atoms with E-state index in [9.17, 15) is 4.79 Å². The molecule has 1 N–H and O–H groups in total. The molecule has 0 spiro atoms. The molecule has 25 heavy (non-hydrogen) atoms. The third-order valence-corrected chi connectivity index (χ3v) is 4.84. The Morgan fingerprint density at radius 1 is 1.40 bits per heavy atom. The van der Waals surface area contributed by atoms with Gasteiger partial charge in [0.15, 0.2) is 0 Å². The highest BCUT2D eigenvalue weighted by atomic mass is 16.3. The molecule has 1 aliphatic heterocycles. The summed E-state index contributed by atoms with van der Waals surface area (Å²) in [5.41, 5.74) is 2.48. The van der Waals surface area contributed by atoms with Gasteiger partial charge in [-0.15, -0.1) is 0 Å². The Hall–Kier alpha value is -2.60. The molecule has 1 atom stereocenters. The number of furan rings is 1. The molecule has 0 radical (unpaired) electrons. The second-order valence-corrected chi connectivity index (χ2v) is 6.78. The first-order valence-corrected chi connectivity index (χ1v) is 8.60. The maximum absolute atomic E-state index is 12.4. The third-order valence-electron chi connectivity index (χ3n) is 4.84. The van der Waals surface area contributed by atoms with Crippen LogP contribution in [0.2, 0.25) is 0 Å². The SMILES string of the molecule is CN(C)C(=O)c1cn[nH]c1C1CCCN1Cc1cc2ccccc2o1. The summed E-state index contributed by atoms with van der Waals surface area (Å²) in [4.78, 5) is 16.3. The Bertz CT molecular complexity index is 863. The topological polar surface area (TPSA) is 65.4 Å². The number of aromatic nitrogens is 2. The number of benzene rings is 1. The van der Waals surface area contributed by atoms with Gasteiger partial charge in [0.1, 0.15) is 11.3 Å². The lowest BCUT2D eigenvalue weighted by Gasteiger charge is -2.23. The first-order valence-electron chi connectivity index (χ1n) is 8.60. The van der Waals surface area contributed by atoms with Crippen LogP contribution in [-0.4, -0.2) is 46.5 Å². The van der Waals surface area contributed by atoms with Crippen LogP contribution in [0, 0.1) is 0 Å². The average Bonchev–Trinajstić information content (AvgIpc) is 3.32. The average molecular weight is 338 g/mol. The minimum absolute atomic E-state index is 0.0145. The van der Waals surface area contributed by atoms with Crippen LogP contribution in [0.15, 0.2) is 40.9 Å². The van der Waals surface area contributed by atoms with Gasteiger partial charge in [-0.1, -0.05) is 18.2 Å². The molecule has 0 bridgehead atoms. The summed E-state index contributed by atoms with van der Waals surface area (Å²) >= 11 is 0. The van der Waals surface area contributed by atoms with Crippen LogP contribution < -0.4 is 0 Å². The van der Waals surface area contributed by atoms with Crippen molar-refractivity contribution in [1.29, 1.82) is 0 Å². The highest BCUT2D eigenvalue weighted by Gasteiger charge is 2.31. The smallest absolute Gasteiger partial charge is 0.256 e. The predicted octanol–water partition coefficient (Wildman–Crippen LogP) is 3.19. The molecule has 1 amide bonds. The number of nitrogens with zero attached hydrogens (tertiary/aromatic N) is 3. The molecule has 3 aromatic rings. The first-order chi connectivity index (χ1) is 12.1. The van der Waals surface area contributed by atoms with Gasteiger partial charge in [-0.3, -0.25) is 14.8 Å². The van der Waals surface area contributed by atoms with Crippen molar-refractivity contribution in [3.63, 3.8) is 0 Å². The summed E-state index contributed by atoms with van der Waals surface area (Å²) in [7, 11) is 3.53. The Balaban J connectivity index is 1.59. The van der Waals surface area contributed by atoms with E-state index in [1.54, 1.807) is 25.2 Å². The number of carbonyl (C=O) groups is 1. The predicted molar refractivity (Wildman–Crippen MR) is 95.2 cm³/mol. The van der Waals surface area contributed by atoms with Crippen molar-refractivity contribution in [2.45, 2.75) is 25.4 Å². The number of para-hydroxylation sites is 1. The maximum Gasteiger partial charge on any atom is 0.256 e. The molecule has 1 aliphatic rings. The maximum atomic E-state index is 12.4. The zero-order valence-electron chi connectivity index (χ0n) is 14.5. The fourth-order valence-corrected chi connectivity index (χ4v) is 3.62. The first kappa shape index (κ1) is 15.9. The van der Waals surface area contributed by atoms with E-state index in [2.05, 4.69) is 27.2 Å². The zero-order valence-corrected chi connectivity index (χ0v) is 14.5.